The van der Waals surface area contributed by atoms with E-state index in [9.17, 15) is 0 Å². The van der Waals surface area contributed by atoms with E-state index in [0.717, 1.165) is 26.1 Å². The van der Waals surface area contributed by atoms with Gasteiger partial charge in [-0.1, -0.05) is 140 Å². The molecule has 176 valence electrons. The van der Waals surface area contributed by atoms with Crippen LogP contribution in [0.5, 0.6) is 0 Å². The monoisotopic (exact) mass is 402 g/mol. The predicted molar refractivity (Wildman–Crippen MR) is 135 cm³/mol. The van der Waals surface area contributed by atoms with E-state index >= 15 is 0 Å². The fourth-order valence-electron chi connectivity index (χ4n) is 2.33. The van der Waals surface area contributed by atoms with Gasteiger partial charge in [0.15, 0.2) is 0 Å². The minimum atomic E-state index is 0.551. The van der Waals surface area contributed by atoms with Gasteiger partial charge in [-0.3, -0.25) is 0 Å². The molecule has 0 saturated carbocycles. The van der Waals surface area contributed by atoms with Gasteiger partial charge in [0.2, 0.25) is 0 Å². The number of ether oxygens (including phenoxy) is 1. The fourth-order valence-corrected chi connectivity index (χ4v) is 2.33. The third kappa shape index (κ3) is 63.5. The maximum absolute atomic E-state index is 5.13. The first-order valence-corrected chi connectivity index (χ1v) is 12.9. The van der Waals surface area contributed by atoms with Crippen molar-refractivity contribution in [3.05, 3.63) is 0 Å². The van der Waals surface area contributed by atoms with E-state index in [0.29, 0.717) is 5.41 Å². The highest BCUT2D eigenvalue weighted by molar-refractivity contribution is 4.60. The molecule has 0 aliphatic rings. The summed E-state index contributed by atoms with van der Waals surface area (Å²) in [6, 6.07) is 0. The summed E-state index contributed by atoms with van der Waals surface area (Å²) in [4.78, 5) is 0. The average Bonchev–Trinajstić information content (AvgIpc) is 2.64. The van der Waals surface area contributed by atoms with Gasteiger partial charge >= 0.3 is 0 Å². The molecular weight excluding hydrogens is 340 g/mol. The van der Waals surface area contributed by atoms with Crippen molar-refractivity contribution in [3.63, 3.8) is 0 Å². The van der Waals surface area contributed by atoms with Gasteiger partial charge in [0.05, 0.1) is 0 Å². The van der Waals surface area contributed by atoms with Gasteiger partial charge in [-0.15, -0.1) is 0 Å². The first-order chi connectivity index (χ1) is 13.3. The van der Waals surface area contributed by atoms with Crippen molar-refractivity contribution in [2.24, 2.45) is 5.41 Å². The molecular formula is C27H62O. The van der Waals surface area contributed by atoms with E-state index in [1.54, 1.807) is 0 Å². The molecule has 0 bridgehead atoms. The molecule has 0 N–H and O–H groups in total. The summed E-state index contributed by atoms with van der Waals surface area (Å²) in [5.41, 5.74) is 0.551. The molecule has 0 spiro atoms. The summed E-state index contributed by atoms with van der Waals surface area (Å²) >= 11 is 0. The molecule has 0 aromatic carbocycles. The maximum atomic E-state index is 5.13. The van der Waals surface area contributed by atoms with E-state index in [1.807, 2.05) is 0 Å². The Kier molecular flexibility index (Phi) is 43.6. The SMILES string of the molecule is CCCCC.CCCCCC(C)(C)C.CCCCCCC.CCCOCCC. The van der Waals surface area contributed by atoms with Crippen molar-refractivity contribution in [2.45, 2.75) is 159 Å². The minimum Gasteiger partial charge on any atom is -0.381 e. The molecule has 0 aromatic heterocycles. The molecule has 0 unspecified atom stereocenters. The molecule has 28 heavy (non-hydrogen) atoms. The third-order valence-electron chi connectivity index (χ3n) is 4.14. The van der Waals surface area contributed by atoms with Crippen molar-refractivity contribution in [2.75, 3.05) is 13.2 Å². The molecule has 0 radical (unpaired) electrons. The lowest BCUT2D eigenvalue weighted by atomic mass is 9.90. The van der Waals surface area contributed by atoms with Gasteiger partial charge in [-0.2, -0.15) is 0 Å². The molecule has 0 aliphatic carbocycles. The summed E-state index contributed by atoms with van der Waals surface area (Å²) in [6.45, 7) is 24.2. The smallest absolute Gasteiger partial charge is 0.0463 e. The molecule has 0 atom stereocenters. The van der Waals surface area contributed by atoms with Crippen molar-refractivity contribution in [1.82, 2.24) is 0 Å². The molecule has 1 nitrogen and oxygen atoms in total. The van der Waals surface area contributed by atoms with Gasteiger partial charge in [-0.05, 0) is 24.7 Å². The second kappa shape index (κ2) is 34.5. The van der Waals surface area contributed by atoms with Gasteiger partial charge in [0, 0.05) is 13.2 Å². The Balaban J connectivity index is -0.000000140. The minimum absolute atomic E-state index is 0.551. The number of rotatable bonds is 13. The van der Waals surface area contributed by atoms with Gasteiger partial charge in [-0.25, -0.2) is 0 Å². The zero-order valence-electron chi connectivity index (χ0n) is 22.2. The van der Waals surface area contributed by atoms with Crippen LogP contribution in [0.2, 0.25) is 0 Å². The van der Waals surface area contributed by atoms with E-state index < -0.39 is 0 Å². The molecule has 0 fully saturated rings. The van der Waals surface area contributed by atoms with Crippen LogP contribution in [-0.4, -0.2) is 13.2 Å². The second-order valence-electron chi connectivity index (χ2n) is 9.04. The van der Waals surface area contributed by atoms with Crippen LogP contribution in [0.1, 0.15) is 159 Å². The van der Waals surface area contributed by atoms with Gasteiger partial charge in [0.1, 0.15) is 0 Å². The first-order valence-electron chi connectivity index (χ1n) is 12.9. The average molecular weight is 403 g/mol. The first kappa shape index (κ1) is 35.4. The summed E-state index contributed by atoms with van der Waals surface area (Å²) in [7, 11) is 0. The topological polar surface area (TPSA) is 9.23 Å². The van der Waals surface area contributed by atoms with Crippen molar-refractivity contribution >= 4 is 0 Å². The Labute approximate surface area is 182 Å². The standard InChI is InChI=1S/C9H20.C7H16.C6H14O.C5H12/c1-5-6-7-8-9(2,3)4;2*1-3-5-7-6-4-2;1-3-5-4-2/h5-8H2,1-4H3;3-7H2,1-2H3;3-6H2,1-2H3;3-5H2,1-2H3. The highest BCUT2D eigenvalue weighted by Crippen LogP contribution is 2.21. The molecule has 1 heteroatoms. The molecule has 0 aromatic rings. The van der Waals surface area contributed by atoms with E-state index in [-0.39, 0.29) is 0 Å². The Morgan fingerprint density at radius 1 is 0.429 bits per heavy atom. The van der Waals surface area contributed by atoms with Crippen LogP contribution in [0, 0.1) is 5.41 Å². The Morgan fingerprint density at radius 3 is 1.04 bits per heavy atom. The molecule has 0 amide bonds. The third-order valence-corrected chi connectivity index (χ3v) is 4.14. The molecule has 0 heterocycles. The van der Waals surface area contributed by atoms with E-state index in [4.69, 9.17) is 4.74 Å². The Bertz CT molecular complexity index is 185. The number of unbranched alkanes of at least 4 members (excludes halogenated alkanes) is 8. The van der Waals surface area contributed by atoms with Crippen LogP contribution >= 0.6 is 0 Å². The predicted octanol–water partition coefficient (Wildman–Crippen LogP) is 10.6. The fraction of sp³-hybridized carbons (Fsp3) is 1.00. The Morgan fingerprint density at radius 2 is 0.786 bits per heavy atom. The summed E-state index contributed by atoms with van der Waals surface area (Å²) in [6.07, 6.45) is 18.9. The quantitative estimate of drug-likeness (QED) is 0.278. The molecule has 0 saturated heterocycles. The normalized spacial score (nSPS) is 10.1. The highest BCUT2D eigenvalue weighted by Gasteiger charge is 2.07. The summed E-state index contributed by atoms with van der Waals surface area (Å²) < 4.78 is 5.13. The van der Waals surface area contributed by atoms with Gasteiger partial charge < -0.3 is 4.74 Å². The van der Waals surface area contributed by atoms with Gasteiger partial charge in [0.25, 0.3) is 0 Å². The lowest BCUT2D eigenvalue weighted by Crippen LogP contribution is -2.03. The lowest BCUT2D eigenvalue weighted by molar-refractivity contribution is 0.135. The van der Waals surface area contributed by atoms with E-state index in [2.05, 4.69) is 69.2 Å². The van der Waals surface area contributed by atoms with Crippen molar-refractivity contribution in [1.29, 1.82) is 0 Å². The van der Waals surface area contributed by atoms with Crippen LogP contribution in [0.25, 0.3) is 0 Å². The largest absolute Gasteiger partial charge is 0.381 e. The van der Waals surface area contributed by atoms with Crippen LogP contribution in [0.15, 0.2) is 0 Å². The maximum Gasteiger partial charge on any atom is 0.0463 e. The molecule has 0 aliphatic heterocycles. The lowest BCUT2D eigenvalue weighted by Gasteiger charge is -2.16. The van der Waals surface area contributed by atoms with E-state index in [1.165, 1.54) is 77.0 Å². The Hall–Kier alpha value is -0.0400. The summed E-state index contributed by atoms with van der Waals surface area (Å²) in [5, 5.41) is 0. The highest BCUT2D eigenvalue weighted by atomic mass is 16.5. The number of hydrogen-bond donors (Lipinski definition) is 0. The second-order valence-corrected chi connectivity index (χ2v) is 9.04. The molecule has 0 rings (SSSR count). The number of hydrogen-bond acceptors (Lipinski definition) is 1. The van der Waals surface area contributed by atoms with Crippen LogP contribution in [0.4, 0.5) is 0 Å². The summed E-state index contributed by atoms with van der Waals surface area (Å²) in [5.74, 6) is 0. The van der Waals surface area contributed by atoms with Crippen LogP contribution in [0.3, 0.4) is 0 Å². The zero-order valence-corrected chi connectivity index (χ0v) is 22.2. The van der Waals surface area contributed by atoms with Crippen LogP contribution in [-0.2, 0) is 4.74 Å². The van der Waals surface area contributed by atoms with Crippen molar-refractivity contribution in [3.8, 4) is 0 Å². The zero-order chi connectivity index (χ0) is 22.5. The van der Waals surface area contributed by atoms with Crippen molar-refractivity contribution < 1.29 is 4.74 Å². The van der Waals surface area contributed by atoms with Crippen LogP contribution < -0.4 is 0 Å².